The number of likely N-dealkylation sites (tertiary alicyclic amines) is 1. The van der Waals surface area contributed by atoms with Gasteiger partial charge in [-0.25, -0.2) is 0 Å². The van der Waals surface area contributed by atoms with Gasteiger partial charge in [0.15, 0.2) is 0 Å². The van der Waals surface area contributed by atoms with Crippen molar-refractivity contribution in [3.05, 3.63) is 35.9 Å². The van der Waals surface area contributed by atoms with Crippen molar-refractivity contribution in [2.75, 3.05) is 26.7 Å². The quantitative estimate of drug-likeness (QED) is 0.853. The number of benzene rings is 1. The topological polar surface area (TPSA) is 43.8 Å². The molecule has 1 aromatic carbocycles. The molecule has 1 fully saturated rings. The van der Waals surface area contributed by atoms with Gasteiger partial charge in [0, 0.05) is 26.7 Å². The smallest absolute Gasteiger partial charge is 0.236 e. The van der Waals surface area contributed by atoms with E-state index in [9.17, 15) is 9.90 Å². The van der Waals surface area contributed by atoms with E-state index in [1.165, 1.54) is 0 Å². The van der Waals surface area contributed by atoms with Gasteiger partial charge in [0.25, 0.3) is 0 Å². The number of hydrogen-bond acceptors (Lipinski definition) is 3. The lowest BCUT2D eigenvalue weighted by atomic mass is 10.2. The van der Waals surface area contributed by atoms with Crippen molar-refractivity contribution < 1.29 is 9.90 Å². The number of hydrogen-bond donors (Lipinski definition) is 1. The van der Waals surface area contributed by atoms with E-state index in [-0.39, 0.29) is 12.0 Å². The van der Waals surface area contributed by atoms with Crippen LogP contribution in [0.2, 0.25) is 0 Å². The number of aliphatic hydroxyl groups is 1. The number of nitrogens with zero attached hydrogens (tertiary/aromatic N) is 2. The van der Waals surface area contributed by atoms with Crippen LogP contribution in [0, 0.1) is 0 Å². The largest absolute Gasteiger partial charge is 0.392 e. The van der Waals surface area contributed by atoms with E-state index in [0.29, 0.717) is 19.6 Å². The molecular weight excluding hydrogens is 228 g/mol. The van der Waals surface area contributed by atoms with Gasteiger partial charge in [-0.3, -0.25) is 9.69 Å². The summed E-state index contributed by atoms with van der Waals surface area (Å²) in [5.74, 6) is 0.105. The van der Waals surface area contributed by atoms with Gasteiger partial charge in [-0.15, -0.1) is 0 Å². The lowest BCUT2D eigenvalue weighted by Gasteiger charge is -2.21. The van der Waals surface area contributed by atoms with Gasteiger partial charge in [0.05, 0.1) is 12.6 Å². The maximum absolute atomic E-state index is 12.0. The minimum absolute atomic E-state index is 0.105. The van der Waals surface area contributed by atoms with Crippen LogP contribution in [-0.2, 0) is 11.3 Å². The van der Waals surface area contributed by atoms with Crippen molar-refractivity contribution in [2.45, 2.75) is 19.1 Å². The highest BCUT2D eigenvalue weighted by molar-refractivity contribution is 5.78. The Kier molecular flexibility index (Phi) is 4.33. The molecule has 1 amide bonds. The molecule has 0 unspecified atom stereocenters. The van der Waals surface area contributed by atoms with Crippen LogP contribution in [0.4, 0.5) is 0 Å². The molecule has 1 aliphatic heterocycles. The van der Waals surface area contributed by atoms with Crippen molar-refractivity contribution in [3.63, 3.8) is 0 Å². The number of β-amino-alcohol motifs (C(OH)–C–C–N with tert-alkyl or cyclic N) is 1. The summed E-state index contributed by atoms with van der Waals surface area (Å²) in [6.07, 6.45) is 0.507. The van der Waals surface area contributed by atoms with Crippen LogP contribution in [0.15, 0.2) is 30.3 Å². The molecule has 98 valence electrons. The van der Waals surface area contributed by atoms with Crippen LogP contribution in [0.5, 0.6) is 0 Å². The SMILES string of the molecule is CN(Cc1ccccc1)C(=O)CN1CC[C@H](O)C1. The summed E-state index contributed by atoms with van der Waals surface area (Å²) in [5.41, 5.74) is 1.13. The standard InChI is InChI=1S/C14H20N2O2/c1-15(9-12-5-3-2-4-6-12)14(18)11-16-8-7-13(17)10-16/h2-6,13,17H,7-11H2,1H3/t13-/m0/s1. The van der Waals surface area contributed by atoms with Gasteiger partial charge < -0.3 is 10.0 Å². The summed E-state index contributed by atoms with van der Waals surface area (Å²) in [5, 5.41) is 9.42. The summed E-state index contributed by atoms with van der Waals surface area (Å²) in [7, 11) is 1.82. The molecule has 1 aromatic rings. The lowest BCUT2D eigenvalue weighted by Crippen LogP contribution is -2.37. The fraction of sp³-hybridized carbons (Fsp3) is 0.500. The highest BCUT2D eigenvalue weighted by Gasteiger charge is 2.23. The highest BCUT2D eigenvalue weighted by Crippen LogP contribution is 2.09. The summed E-state index contributed by atoms with van der Waals surface area (Å²) >= 11 is 0. The first-order valence-corrected chi connectivity index (χ1v) is 6.33. The monoisotopic (exact) mass is 248 g/mol. The van der Waals surface area contributed by atoms with E-state index in [1.54, 1.807) is 4.90 Å². The lowest BCUT2D eigenvalue weighted by molar-refractivity contribution is -0.131. The number of carbonyl (C=O) groups excluding carboxylic acids is 1. The first-order chi connectivity index (χ1) is 8.65. The fourth-order valence-electron chi connectivity index (χ4n) is 2.21. The average Bonchev–Trinajstić information content (AvgIpc) is 2.76. The zero-order valence-electron chi connectivity index (χ0n) is 10.7. The molecule has 4 heteroatoms. The third-order valence-corrected chi connectivity index (χ3v) is 3.29. The van der Waals surface area contributed by atoms with Crippen LogP contribution in [0.3, 0.4) is 0 Å². The second-order valence-corrected chi connectivity index (χ2v) is 4.91. The maximum Gasteiger partial charge on any atom is 0.236 e. The predicted octanol–water partition coefficient (Wildman–Crippen LogP) is 0.712. The van der Waals surface area contributed by atoms with E-state index in [0.717, 1.165) is 18.5 Å². The van der Waals surface area contributed by atoms with Crippen molar-refractivity contribution in [1.82, 2.24) is 9.80 Å². The van der Waals surface area contributed by atoms with Gasteiger partial charge in [-0.2, -0.15) is 0 Å². The van der Waals surface area contributed by atoms with Gasteiger partial charge >= 0.3 is 0 Å². The molecule has 1 aliphatic rings. The van der Waals surface area contributed by atoms with Gasteiger partial charge in [-0.05, 0) is 12.0 Å². The first kappa shape index (κ1) is 13.1. The molecule has 0 aromatic heterocycles. The molecule has 1 N–H and O–H groups in total. The molecule has 0 spiro atoms. The minimum atomic E-state index is -0.266. The number of carbonyl (C=O) groups is 1. The summed E-state index contributed by atoms with van der Waals surface area (Å²) in [6.45, 7) is 2.47. The molecule has 0 bridgehead atoms. The van der Waals surface area contributed by atoms with Crippen LogP contribution >= 0.6 is 0 Å². The normalized spacial score (nSPS) is 20.0. The van der Waals surface area contributed by atoms with Crippen molar-refractivity contribution >= 4 is 5.91 Å². The zero-order valence-corrected chi connectivity index (χ0v) is 10.7. The van der Waals surface area contributed by atoms with Crippen LogP contribution in [-0.4, -0.2) is 53.6 Å². The van der Waals surface area contributed by atoms with Gasteiger partial charge in [0.2, 0.25) is 5.91 Å². The molecule has 0 radical (unpaired) electrons. The molecular formula is C14H20N2O2. The van der Waals surface area contributed by atoms with E-state index in [2.05, 4.69) is 0 Å². The van der Waals surface area contributed by atoms with Gasteiger partial charge in [0.1, 0.15) is 0 Å². The number of rotatable bonds is 4. The Bertz CT molecular complexity index is 394. The molecule has 1 saturated heterocycles. The van der Waals surface area contributed by atoms with Crippen molar-refractivity contribution in [1.29, 1.82) is 0 Å². The summed E-state index contributed by atoms with van der Waals surface area (Å²) in [6, 6.07) is 9.96. The second kappa shape index (κ2) is 5.98. The first-order valence-electron chi connectivity index (χ1n) is 6.33. The van der Waals surface area contributed by atoms with E-state index in [4.69, 9.17) is 0 Å². The molecule has 1 heterocycles. The maximum atomic E-state index is 12.0. The molecule has 0 aliphatic carbocycles. The van der Waals surface area contributed by atoms with Crippen molar-refractivity contribution in [3.8, 4) is 0 Å². The van der Waals surface area contributed by atoms with E-state index in [1.807, 2.05) is 42.3 Å². The third-order valence-electron chi connectivity index (χ3n) is 3.29. The number of aliphatic hydroxyl groups excluding tert-OH is 1. The Labute approximate surface area is 108 Å². The predicted molar refractivity (Wildman–Crippen MR) is 70.0 cm³/mol. The fourth-order valence-corrected chi connectivity index (χ4v) is 2.21. The number of amides is 1. The van der Waals surface area contributed by atoms with E-state index >= 15 is 0 Å². The van der Waals surface area contributed by atoms with Crippen LogP contribution in [0.25, 0.3) is 0 Å². The number of likely N-dealkylation sites (N-methyl/N-ethyl adjacent to an activating group) is 1. The zero-order chi connectivity index (χ0) is 13.0. The third kappa shape index (κ3) is 3.55. The Morgan fingerprint density at radius 1 is 1.44 bits per heavy atom. The Morgan fingerprint density at radius 3 is 2.78 bits per heavy atom. The van der Waals surface area contributed by atoms with E-state index < -0.39 is 0 Å². The molecule has 4 nitrogen and oxygen atoms in total. The second-order valence-electron chi connectivity index (χ2n) is 4.91. The van der Waals surface area contributed by atoms with Crippen LogP contribution in [0.1, 0.15) is 12.0 Å². The highest BCUT2D eigenvalue weighted by atomic mass is 16.3. The van der Waals surface area contributed by atoms with Gasteiger partial charge in [-0.1, -0.05) is 30.3 Å². The molecule has 1 atom stereocenters. The molecule has 18 heavy (non-hydrogen) atoms. The summed E-state index contributed by atoms with van der Waals surface area (Å²) < 4.78 is 0. The van der Waals surface area contributed by atoms with Crippen LogP contribution < -0.4 is 0 Å². The Morgan fingerprint density at radius 2 is 2.17 bits per heavy atom. The Hall–Kier alpha value is -1.39. The average molecular weight is 248 g/mol. The van der Waals surface area contributed by atoms with Crippen molar-refractivity contribution in [2.24, 2.45) is 0 Å². The Balaban J connectivity index is 1.82. The summed E-state index contributed by atoms with van der Waals surface area (Å²) in [4.78, 5) is 15.8. The minimum Gasteiger partial charge on any atom is -0.392 e. The molecule has 0 saturated carbocycles. The molecule has 2 rings (SSSR count).